The highest BCUT2D eigenvalue weighted by Crippen LogP contribution is 2.18. The number of nitrogens with zero attached hydrogens (tertiary/aromatic N) is 3. The lowest BCUT2D eigenvalue weighted by Crippen LogP contribution is -2.41. The van der Waals surface area contributed by atoms with Gasteiger partial charge >= 0.3 is 0 Å². The van der Waals surface area contributed by atoms with Crippen LogP contribution in [0.15, 0.2) is 29.8 Å². The van der Waals surface area contributed by atoms with Gasteiger partial charge in [0.2, 0.25) is 5.91 Å². The van der Waals surface area contributed by atoms with Crippen LogP contribution in [0.1, 0.15) is 35.7 Å². The summed E-state index contributed by atoms with van der Waals surface area (Å²) in [5.41, 5.74) is 1.82. The summed E-state index contributed by atoms with van der Waals surface area (Å²) in [6.45, 7) is 4.55. The molecule has 128 valence electrons. The van der Waals surface area contributed by atoms with Crippen LogP contribution in [0.4, 0.5) is 0 Å². The van der Waals surface area contributed by atoms with Gasteiger partial charge in [-0.3, -0.25) is 9.78 Å². The van der Waals surface area contributed by atoms with Crippen LogP contribution >= 0.6 is 11.3 Å². The van der Waals surface area contributed by atoms with Crippen LogP contribution in [-0.4, -0.2) is 39.9 Å². The molecular formula is C18H24N4OS. The molecule has 1 aliphatic heterocycles. The molecule has 0 radical (unpaired) electrons. The molecule has 0 aromatic carbocycles. The topological polar surface area (TPSA) is 58.1 Å². The number of hydrogen-bond donors (Lipinski definition) is 1. The summed E-state index contributed by atoms with van der Waals surface area (Å²) < 4.78 is 0. The van der Waals surface area contributed by atoms with Gasteiger partial charge in [-0.2, -0.15) is 0 Å². The Morgan fingerprint density at radius 3 is 3.00 bits per heavy atom. The quantitative estimate of drug-likeness (QED) is 0.906. The van der Waals surface area contributed by atoms with Crippen LogP contribution in [0.3, 0.4) is 0 Å². The monoisotopic (exact) mass is 344 g/mol. The molecule has 1 N–H and O–H groups in total. The summed E-state index contributed by atoms with van der Waals surface area (Å²) >= 11 is 1.60. The SMILES string of the molecule is Cc1nc(CC(=O)N(Cc2ccccn2)[C@H]2CCCNCC2)cs1. The fraction of sp³-hybridized carbons (Fsp3) is 0.500. The second-order valence-electron chi connectivity index (χ2n) is 6.21. The van der Waals surface area contributed by atoms with Crippen molar-refractivity contribution < 1.29 is 4.79 Å². The summed E-state index contributed by atoms with van der Waals surface area (Å²) in [4.78, 5) is 23.9. The molecule has 2 aromatic rings. The first-order valence-corrected chi connectivity index (χ1v) is 9.41. The number of amides is 1. The number of rotatable bonds is 5. The third-order valence-electron chi connectivity index (χ3n) is 4.36. The predicted octanol–water partition coefficient (Wildman–Crippen LogP) is 2.56. The summed E-state index contributed by atoms with van der Waals surface area (Å²) in [7, 11) is 0. The van der Waals surface area contributed by atoms with E-state index >= 15 is 0 Å². The summed E-state index contributed by atoms with van der Waals surface area (Å²) in [6, 6.07) is 6.14. The lowest BCUT2D eigenvalue weighted by Gasteiger charge is -2.31. The van der Waals surface area contributed by atoms with Gasteiger partial charge in [0.1, 0.15) is 0 Å². The molecule has 0 bridgehead atoms. The number of pyridine rings is 1. The van der Waals surface area contributed by atoms with Gasteiger partial charge in [-0.25, -0.2) is 4.98 Å². The van der Waals surface area contributed by atoms with Crippen LogP contribution in [0.25, 0.3) is 0 Å². The molecule has 1 atom stereocenters. The first kappa shape index (κ1) is 17.0. The molecule has 1 saturated heterocycles. The van der Waals surface area contributed by atoms with E-state index < -0.39 is 0 Å². The Bertz CT molecular complexity index is 650. The van der Waals surface area contributed by atoms with Crippen LogP contribution in [0, 0.1) is 6.92 Å². The van der Waals surface area contributed by atoms with Gasteiger partial charge in [0.25, 0.3) is 0 Å². The number of aromatic nitrogens is 2. The Hall–Kier alpha value is -1.79. The number of carbonyl (C=O) groups excluding carboxylic acids is 1. The maximum absolute atomic E-state index is 13.0. The molecule has 3 rings (SSSR count). The first-order chi connectivity index (χ1) is 11.7. The van der Waals surface area contributed by atoms with Gasteiger partial charge in [-0.1, -0.05) is 6.07 Å². The number of hydrogen-bond acceptors (Lipinski definition) is 5. The van der Waals surface area contributed by atoms with Crippen LogP contribution in [0.5, 0.6) is 0 Å². The Morgan fingerprint density at radius 2 is 2.25 bits per heavy atom. The molecular weight excluding hydrogens is 320 g/mol. The maximum Gasteiger partial charge on any atom is 0.229 e. The summed E-state index contributed by atoms with van der Waals surface area (Å²) in [5, 5.41) is 6.42. The highest BCUT2D eigenvalue weighted by Gasteiger charge is 2.25. The van der Waals surface area contributed by atoms with E-state index in [0.29, 0.717) is 13.0 Å². The zero-order valence-electron chi connectivity index (χ0n) is 14.1. The second-order valence-corrected chi connectivity index (χ2v) is 7.27. The van der Waals surface area contributed by atoms with Gasteiger partial charge in [0.15, 0.2) is 0 Å². The van der Waals surface area contributed by atoms with Gasteiger partial charge < -0.3 is 10.2 Å². The Kier molecular flexibility index (Phi) is 5.93. The van der Waals surface area contributed by atoms with Crippen molar-refractivity contribution in [3.63, 3.8) is 0 Å². The van der Waals surface area contributed by atoms with Crippen molar-refractivity contribution in [2.45, 2.75) is 45.2 Å². The molecule has 6 heteroatoms. The van der Waals surface area contributed by atoms with Gasteiger partial charge in [0.05, 0.1) is 29.4 Å². The fourth-order valence-electron chi connectivity index (χ4n) is 3.15. The van der Waals surface area contributed by atoms with Crippen molar-refractivity contribution >= 4 is 17.2 Å². The van der Waals surface area contributed by atoms with Crippen molar-refractivity contribution in [1.82, 2.24) is 20.2 Å². The average Bonchev–Trinajstić information content (AvgIpc) is 2.84. The predicted molar refractivity (Wildman–Crippen MR) is 95.9 cm³/mol. The van der Waals surface area contributed by atoms with Crippen LogP contribution in [-0.2, 0) is 17.8 Å². The van der Waals surface area contributed by atoms with E-state index in [9.17, 15) is 4.79 Å². The highest BCUT2D eigenvalue weighted by molar-refractivity contribution is 7.09. The number of carbonyl (C=O) groups is 1. The zero-order chi connectivity index (χ0) is 16.8. The largest absolute Gasteiger partial charge is 0.333 e. The van der Waals surface area contributed by atoms with Gasteiger partial charge in [-0.05, 0) is 51.4 Å². The van der Waals surface area contributed by atoms with E-state index in [-0.39, 0.29) is 11.9 Å². The van der Waals surface area contributed by atoms with E-state index in [1.54, 1.807) is 17.5 Å². The minimum atomic E-state index is 0.151. The summed E-state index contributed by atoms with van der Waals surface area (Å²) in [5.74, 6) is 0.151. The van der Waals surface area contributed by atoms with E-state index in [0.717, 1.165) is 48.7 Å². The molecule has 3 heterocycles. The molecule has 0 spiro atoms. The fourth-order valence-corrected chi connectivity index (χ4v) is 3.76. The molecule has 2 aromatic heterocycles. The number of thiazole rings is 1. The minimum absolute atomic E-state index is 0.151. The van der Waals surface area contributed by atoms with E-state index in [1.165, 1.54) is 0 Å². The molecule has 1 fully saturated rings. The van der Waals surface area contributed by atoms with Gasteiger partial charge in [-0.15, -0.1) is 11.3 Å². The average molecular weight is 344 g/mol. The van der Waals surface area contributed by atoms with Crippen molar-refractivity contribution in [2.24, 2.45) is 0 Å². The van der Waals surface area contributed by atoms with Crippen molar-refractivity contribution in [3.8, 4) is 0 Å². The molecule has 5 nitrogen and oxygen atoms in total. The van der Waals surface area contributed by atoms with Crippen LogP contribution in [0.2, 0.25) is 0 Å². The lowest BCUT2D eigenvalue weighted by atomic mass is 10.1. The minimum Gasteiger partial charge on any atom is -0.333 e. The smallest absolute Gasteiger partial charge is 0.229 e. The standard InChI is InChI=1S/C18H24N4OS/c1-14-21-16(13-24-14)11-18(23)22(12-15-5-2-3-9-20-15)17-6-4-8-19-10-7-17/h2-3,5,9,13,17,19H,4,6-8,10-12H2,1H3/t17-/m0/s1. The number of nitrogens with one attached hydrogen (secondary N) is 1. The second kappa shape index (κ2) is 8.35. The first-order valence-electron chi connectivity index (χ1n) is 8.53. The zero-order valence-corrected chi connectivity index (χ0v) is 14.9. The molecule has 1 aliphatic rings. The summed E-state index contributed by atoms with van der Waals surface area (Å²) in [6.07, 6.45) is 5.31. The van der Waals surface area contributed by atoms with Crippen molar-refractivity contribution in [3.05, 3.63) is 46.2 Å². The highest BCUT2D eigenvalue weighted by atomic mass is 32.1. The van der Waals surface area contributed by atoms with Crippen molar-refractivity contribution in [1.29, 1.82) is 0 Å². The Balaban J connectivity index is 1.75. The van der Waals surface area contributed by atoms with E-state index in [2.05, 4.69) is 15.3 Å². The molecule has 0 unspecified atom stereocenters. The van der Waals surface area contributed by atoms with E-state index in [4.69, 9.17) is 0 Å². The number of aryl methyl sites for hydroxylation is 1. The third kappa shape index (κ3) is 4.61. The maximum atomic E-state index is 13.0. The van der Waals surface area contributed by atoms with E-state index in [1.807, 2.05) is 35.4 Å². The molecule has 1 amide bonds. The lowest BCUT2D eigenvalue weighted by molar-refractivity contribution is -0.133. The normalized spacial score (nSPS) is 18.1. The third-order valence-corrected chi connectivity index (χ3v) is 5.19. The van der Waals surface area contributed by atoms with Gasteiger partial charge in [0, 0.05) is 17.6 Å². The van der Waals surface area contributed by atoms with Crippen LogP contribution < -0.4 is 5.32 Å². The van der Waals surface area contributed by atoms with Crippen molar-refractivity contribution in [2.75, 3.05) is 13.1 Å². The molecule has 0 saturated carbocycles. The molecule has 24 heavy (non-hydrogen) atoms. The molecule has 0 aliphatic carbocycles. The Labute approximate surface area is 147 Å². The Morgan fingerprint density at radius 1 is 1.33 bits per heavy atom.